The molecule has 1 fully saturated rings. The summed E-state index contributed by atoms with van der Waals surface area (Å²) in [6.07, 6.45) is 3.89. The molecule has 2 aromatic rings. The minimum Gasteiger partial charge on any atom is -0.207 e. The van der Waals surface area contributed by atoms with Gasteiger partial charge >= 0.3 is 0 Å². The van der Waals surface area contributed by atoms with E-state index in [0.717, 1.165) is 0 Å². The number of aromatic nitrogens is 3. The lowest BCUT2D eigenvalue weighted by Crippen LogP contribution is -2.30. The number of rotatable bonds is 3. The molecule has 1 unspecified atom stereocenters. The fourth-order valence-electron chi connectivity index (χ4n) is 2.54. The van der Waals surface area contributed by atoms with E-state index in [0.29, 0.717) is 30.1 Å². The molecule has 0 amide bonds. The van der Waals surface area contributed by atoms with E-state index in [1.54, 1.807) is 42.3 Å². The zero-order chi connectivity index (χ0) is 15.0. The summed E-state index contributed by atoms with van der Waals surface area (Å²) >= 11 is 6.03. The second-order valence-corrected chi connectivity index (χ2v) is 7.33. The Morgan fingerprint density at radius 1 is 1.29 bits per heavy atom. The van der Waals surface area contributed by atoms with Crippen LogP contribution in [0.3, 0.4) is 0 Å². The van der Waals surface area contributed by atoms with Crippen LogP contribution < -0.4 is 0 Å². The highest BCUT2D eigenvalue weighted by Gasteiger charge is 2.35. The van der Waals surface area contributed by atoms with Crippen LogP contribution in [0, 0.1) is 6.92 Å². The van der Waals surface area contributed by atoms with Gasteiger partial charge in [-0.1, -0.05) is 17.7 Å². The summed E-state index contributed by atoms with van der Waals surface area (Å²) in [7, 11) is -3.54. The molecular weight excluding hydrogens is 312 g/mol. The molecule has 8 heteroatoms. The van der Waals surface area contributed by atoms with E-state index in [1.807, 2.05) is 0 Å². The van der Waals surface area contributed by atoms with Crippen LogP contribution in [-0.2, 0) is 10.0 Å². The van der Waals surface area contributed by atoms with Crippen molar-refractivity contribution in [3.8, 4) is 0 Å². The number of hydrogen-bond acceptors (Lipinski definition) is 4. The van der Waals surface area contributed by atoms with Crippen molar-refractivity contribution >= 4 is 21.6 Å². The standard InChI is InChI=1S/C13H15ClN4O2S/c1-10-12(14)3-2-4-13(10)21(19,20)17-8-5-11(9-17)18-15-6-7-16-18/h2-4,6-7,11H,5,8-9H2,1H3. The molecule has 6 nitrogen and oxygen atoms in total. The van der Waals surface area contributed by atoms with Gasteiger partial charge in [-0.25, -0.2) is 8.42 Å². The molecule has 0 radical (unpaired) electrons. The second-order valence-electron chi connectivity index (χ2n) is 5.02. The van der Waals surface area contributed by atoms with Crippen LogP contribution in [0.15, 0.2) is 35.5 Å². The summed E-state index contributed by atoms with van der Waals surface area (Å²) < 4.78 is 27.0. The minimum atomic E-state index is -3.54. The Kier molecular flexibility index (Phi) is 3.73. The Bertz CT molecular complexity index is 746. The van der Waals surface area contributed by atoms with Crippen molar-refractivity contribution in [3.63, 3.8) is 0 Å². The SMILES string of the molecule is Cc1c(Cl)cccc1S(=O)(=O)N1CCC(n2nccn2)C1. The van der Waals surface area contributed by atoms with E-state index in [-0.39, 0.29) is 10.9 Å². The molecule has 0 spiro atoms. The minimum absolute atomic E-state index is 0.0192. The molecule has 0 aliphatic carbocycles. The maximum Gasteiger partial charge on any atom is 0.243 e. The van der Waals surface area contributed by atoms with Gasteiger partial charge in [0, 0.05) is 18.1 Å². The van der Waals surface area contributed by atoms with Gasteiger partial charge < -0.3 is 0 Å². The van der Waals surface area contributed by atoms with Crippen LogP contribution in [0.2, 0.25) is 5.02 Å². The summed E-state index contributed by atoms with van der Waals surface area (Å²) in [6, 6.07) is 4.92. The van der Waals surface area contributed by atoms with Crippen LogP contribution in [-0.4, -0.2) is 40.8 Å². The molecule has 1 aliphatic heterocycles. The van der Waals surface area contributed by atoms with Crippen molar-refractivity contribution < 1.29 is 8.42 Å². The second kappa shape index (κ2) is 5.40. The lowest BCUT2D eigenvalue weighted by molar-refractivity contribution is 0.402. The average molecular weight is 327 g/mol. The summed E-state index contributed by atoms with van der Waals surface area (Å²) in [5, 5.41) is 8.62. The first kappa shape index (κ1) is 14.5. The molecule has 2 heterocycles. The predicted molar refractivity (Wildman–Crippen MR) is 78.6 cm³/mol. The van der Waals surface area contributed by atoms with Gasteiger partial charge in [-0.05, 0) is 31.0 Å². The normalized spacial score (nSPS) is 20.0. The van der Waals surface area contributed by atoms with Crippen LogP contribution in [0.5, 0.6) is 0 Å². The van der Waals surface area contributed by atoms with Crippen molar-refractivity contribution in [2.24, 2.45) is 0 Å². The maximum atomic E-state index is 12.7. The summed E-state index contributed by atoms with van der Waals surface area (Å²) in [5.41, 5.74) is 0.583. The number of benzene rings is 1. The molecule has 1 aromatic carbocycles. The molecule has 21 heavy (non-hydrogen) atoms. The Hall–Kier alpha value is -1.44. The van der Waals surface area contributed by atoms with E-state index in [1.165, 1.54) is 4.31 Å². The topological polar surface area (TPSA) is 68.1 Å². The summed E-state index contributed by atoms with van der Waals surface area (Å²) in [6.45, 7) is 2.56. The van der Waals surface area contributed by atoms with E-state index in [2.05, 4.69) is 10.2 Å². The zero-order valence-electron chi connectivity index (χ0n) is 11.5. The van der Waals surface area contributed by atoms with Crippen LogP contribution >= 0.6 is 11.6 Å². The predicted octanol–water partition coefficient (Wildman–Crippen LogP) is 1.88. The van der Waals surface area contributed by atoms with Gasteiger partial charge in [0.1, 0.15) is 0 Å². The molecule has 1 aromatic heterocycles. The van der Waals surface area contributed by atoms with Gasteiger partial charge in [-0.2, -0.15) is 19.3 Å². The van der Waals surface area contributed by atoms with Crippen molar-refractivity contribution in [2.45, 2.75) is 24.3 Å². The van der Waals surface area contributed by atoms with Crippen molar-refractivity contribution in [1.82, 2.24) is 19.3 Å². The van der Waals surface area contributed by atoms with Gasteiger partial charge in [0.05, 0.1) is 23.3 Å². The van der Waals surface area contributed by atoms with E-state index in [9.17, 15) is 8.42 Å². The average Bonchev–Trinajstić information content (AvgIpc) is 3.11. The smallest absolute Gasteiger partial charge is 0.207 e. The number of halogens is 1. The molecule has 3 rings (SSSR count). The Morgan fingerprint density at radius 3 is 2.71 bits per heavy atom. The van der Waals surface area contributed by atoms with Gasteiger partial charge in [-0.3, -0.25) is 0 Å². The Labute approximate surface area is 128 Å². The molecule has 1 aliphatic rings. The lowest BCUT2D eigenvalue weighted by Gasteiger charge is -2.18. The number of hydrogen-bond donors (Lipinski definition) is 0. The van der Waals surface area contributed by atoms with Crippen LogP contribution in [0.25, 0.3) is 0 Å². The summed E-state index contributed by atoms with van der Waals surface area (Å²) in [4.78, 5) is 1.84. The zero-order valence-corrected chi connectivity index (χ0v) is 13.0. The van der Waals surface area contributed by atoms with E-state index >= 15 is 0 Å². The highest BCUT2D eigenvalue weighted by atomic mass is 35.5. The van der Waals surface area contributed by atoms with Crippen molar-refractivity contribution in [3.05, 3.63) is 41.2 Å². The highest BCUT2D eigenvalue weighted by molar-refractivity contribution is 7.89. The molecule has 0 bridgehead atoms. The molecule has 1 saturated heterocycles. The molecule has 0 saturated carbocycles. The van der Waals surface area contributed by atoms with Gasteiger partial charge in [0.15, 0.2) is 0 Å². The van der Waals surface area contributed by atoms with Gasteiger partial charge in [0.2, 0.25) is 10.0 Å². The fraction of sp³-hybridized carbons (Fsp3) is 0.385. The van der Waals surface area contributed by atoms with Gasteiger partial charge in [-0.15, -0.1) is 0 Å². The number of sulfonamides is 1. The highest BCUT2D eigenvalue weighted by Crippen LogP contribution is 2.30. The molecular formula is C13H15ClN4O2S. The van der Waals surface area contributed by atoms with Crippen molar-refractivity contribution in [2.75, 3.05) is 13.1 Å². The first-order valence-corrected chi connectivity index (χ1v) is 8.43. The largest absolute Gasteiger partial charge is 0.243 e. The van der Waals surface area contributed by atoms with Crippen LogP contribution in [0.1, 0.15) is 18.0 Å². The third-order valence-corrected chi connectivity index (χ3v) is 6.14. The first-order chi connectivity index (χ1) is 10.00. The first-order valence-electron chi connectivity index (χ1n) is 6.61. The Morgan fingerprint density at radius 2 is 2.00 bits per heavy atom. The van der Waals surface area contributed by atoms with E-state index in [4.69, 9.17) is 11.6 Å². The van der Waals surface area contributed by atoms with E-state index < -0.39 is 10.0 Å². The Balaban J connectivity index is 1.88. The van der Waals surface area contributed by atoms with Crippen molar-refractivity contribution in [1.29, 1.82) is 0 Å². The van der Waals surface area contributed by atoms with Crippen LogP contribution in [0.4, 0.5) is 0 Å². The quantitative estimate of drug-likeness (QED) is 0.863. The molecule has 0 N–H and O–H groups in total. The monoisotopic (exact) mass is 326 g/mol. The molecule has 112 valence electrons. The molecule has 1 atom stereocenters. The fourth-order valence-corrected chi connectivity index (χ4v) is 4.51. The third kappa shape index (κ3) is 2.56. The lowest BCUT2D eigenvalue weighted by atomic mass is 10.2. The van der Waals surface area contributed by atoms with Gasteiger partial charge in [0.25, 0.3) is 0 Å². The maximum absolute atomic E-state index is 12.7. The summed E-state index contributed by atoms with van der Waals surface area (Å²) in [5.74, 6) is 0. The third-order valence-electron chi connectivity index (χ3n) is 3.73. The number of nitrogens with zero attached hydrogens (tertiary/aromatic N) is 4.